The Labute approximate surface area is 142 Å². The number of carboxylic acids is 1. The average Bonchev–Trinajstić information content (AvgIpc) is 2.98. The van der Waals surface area contributed by atoms with Gasteiger partial charge in [0.15, 0.2) is 0 Å². The van der Waals surface area contributed by atoms with E-state index in [9.17, 15) is 9.59 Å². The van der Waals surface area contributed by atoms with Gasteiger partial charge in [0, 0.05) is 11.3 Å². The third-order valence-electron chi connectivity index (χ3n) is 3.39. The zero-order chi connectivity index (χ0) is 17.1. The van der Waals surface area contributed by atoms with Crippen LogP contribution in [0.4, 0.5) is 5.69 Å². The number of anilines is 1. The highest BCUT2D eigenvalue weighted by molar-refractivity contribution is 7.17. The van der Waals surface area contributed by atoms with E-state index in [1.165, 1.54) is 17.4 Å². The van der Waals surface area contributed by atoms with Crippen molar-refractivity contribution in [1.82, 2.24) is 4.98 Å². The fraction of sp³-hybridized carbons (Fsp3) is 0.0556. The molecule has 0 saturated heterocycles. The zero-order valence-electron chi connectivity index (χ0n) is 12.8. The lowest BCUT2D eigenvalue weighted by Crippen LogP contribution is -2.11. The zero-order valence-corrected chi connectivity index (χ0v) is 13.6. The van der Waals surface area contributed by atoms with E-state index in [2.05, 4.69) is 10.3 Å². The number of aromatic nitrogens is 1. The molecule has 120 valence electrons. The maximum atomic E-state index is 12.4. The molecule has 5 nitrogen and oxygen atoms in total. The van der Waals surface area contributed by atoms with Crippen molar-refractivity contribution in [1.29, 1.82) is 0 Å². The molecule has 0 fully saturated rings. The van der Waals surface area contributed by atoms with E-state index in [4.69, 9.17) is 5.11 Å². The number of hydrogen-bond donors (Lipinski definition) is 2. The van der Waals surface area contributed by atoms with Gasteiger partial charge in [-0.05, 0) is 31.2 Å². The van der Waals surface area contributed by atoms with Gasteiger partial charge in [-0.1, -0.05) is 30.3 Å². The Kier molecular flexibility index (Phi) is 4.39. The summed E-state index contributed by atoms with van der Waals surface area (Å²) in [5, 5.41) is 12.5. The highest BCUT2D eigenvalue weighted by Crippen LogP contribution is 2.29. The van der Waals surface area contributed by atoms with Crippen LogP contribution < -0.4 is 5.32 Å². The number of carbonyl (C=O) groups is 2. The number of amides is 1. The number of aromatic carboxylic acids is 1. The van der Waals surface area contributed by atoms with Gasteiger partial charge in [-0.3, -0.25) is 4.79 Å². The summed E-state index contributed by atoms with van der Waals surface area (Å²) in [7, 11) is 0. The molecule has 1 aromatic heterocycles. The average molecular weight is 338 g/mol. The van der Waals surface area contributed by atoms with Crippen molar-refractivity contribution in [3.05, 3.63) is 70.7 Å². The number of aryl methyl sites for hydroxylation is 1. The Balaban J connectivity index is 1.89. The number of carboxylic acid groups (broad SMARTS) is 1. The first-order chi connectivity index (χ1) is 11.5. The molecule has 0 unspecified atom stereocenters. The molecule has 24 heavy (non-hydrogen) atoms. The van der Waals surface area contributed by atoms with Crippen LogP contribution in [0.15, 0.2) is 54.6 Å². The molecule has 0 spiro atoms. The van der Waals surface area contributed by atoms with Crippen LogP contribution in [0.5, 0.6) is 0 Å². The van der Waals surface area contributed by atoms with E-state index in [-0.39, 0.29) is 11.5 Å². The molecule has 0 saturated carbocycles. The standard InChI is InChI=1S/C18H14N2O3S/c1-11-15(16(21)20-14-8-3-2-4-9-14)24-17(19-11)12-6-5-7-13(10-12)18(22)23/h2-10H,1H3,(H,20,21)(H,22,23). The highest BCUT2D eigenvalue weighted by Gasteiger charge is 2.17. The monoisotopic (exact) mass is 338 g/mol. The van der Waals surface area contributed by atoms with E-state index in [1.807, 2.05) is 30.3 Å². The lowest BCUT2D eigenvalue weighted by molar-refractivity contribution is 0.0696. The van der Waals surface area contributed by atoms with Crippen LogP contribution in [0.1, 0.15) is 25.7 Å². The summed E-state index contributed by atoms with van der Waals surface area (Å²) in [6.45, 7) is 1.76. The minimum Gasteiger partial charge on any atom is -0.478 e. The molecule has 2 aromatic carbocycles. The van der Waals surface area contributed by atoms with Crippen molar-refractivity contribution < 1.29 is 14.7 Å². The van der Waals surface area contributed by atoms with Crippen LogP contribution >= 0.6 is 11.3 Å². The number of benzene rings is 2. The van der Waals surface area contributed by atoms with Gasteiger partial charge in [0.1, 0.15) is 9.88 Å². The third-order valence-corrected chi connectivity index (χ3v) is 4.60. The van der Waals surface area contributed by atoms with Gasteiger partial charge in [0.05, 0.1) is 11.3 Å². The third kappa shape index (κ3) is 3.33. The fourth-order valence-corrected chi connectivity index (χ4v) is 3.18. The maximum absolute atomic E-state index is 12.4. The summed E-state index contributed by atoms with van der Waals surface area (Å²) in [6, 6.07) is 15.7. The maximum Gasteiger partial charge on any atom is 0.335 e. The highest BCUT2D eigenvalue weighted by atomic mass is 32.1. The van der Waals surface area contributed by atoms with Gasteiger partial charge in [-0.15, -0.1) is 11.3 Å². The molecule has 0 radical (unpaired) electrons. The fourth-order valence-electron chi connectivity index (χ4n) is 2.23. The van der Waals surface area contributed by atoms with E-state index in [0.29, 0.717) is 26.8 Å². The topological polar surface area (TPSA) is 79.3 Å². The smallest absolute Gasteiger partial charge is 0.335 e. The van der Waals surface area contributed by atoms with E-state index >= 15 is 0 Å². The van der Waals surface area contributed by atoms with Crippen LogP contribution in [-0.2, 0) is 0 Å². The Morgan fingerprint density at radius 3 is 2.54 bits per heavy atom. The summed E-state index contributed by atoms with van der Waals surface area (Å²) in [5.41, 5.74) is 2.20. The molecule has 0 aliphatic carbocycles. The van der Waals surface area contributed by atoms with Crippen molar-refractivity contribution in [3.8, 4) is 10.6 Å². The predicted molar refractivity (Wildman–Crippen MR) is 93.6 cm³/mol. The molecular formula is C18H14N2O3S. The van der Waals surface area contributed by atoms with E-state index in [0.717, 1.165) is 0 Å². The van der Waals surface area contributed by atoms with Gasteiger partial charge in [0.2, 0.25) is 0 Å². The number of para-hydroxylation sites is 1. The molecule has 3 aromatic rings. The molecule has 0 aliphatic rings. The summed E-state index contributed by atoms with van der Waals surface area (Å²) >= 11 is 1.24. The van der Waals surface area contributed by atoms with Crippen LogP contribution in [-0.4, -0.2) is 22.0 Å². The van der Waals surface area contributed by atoms with Crippen molar-refractivity contribution in [3.63, 3.8) is 0 Å². The van der Waals surface area contributed by atoms with Gasteiger partial charge in [0.25, 0.3) is 5.91 Å². The predicted octanol–water partition coefficient (Wildman–Crippen LogP) is 4.07. The Morgan fingerprint density at radius 2 is 1.83 bits per heavy atom. The van der Waals surface area contributed by atoms with Gasteiger partial charge < -0.3 is 10.4 Å². The molecule has 3 rings (SSSR count). The minimum atomic E-state index is -0.993. The summed E-state index contributed by atoms with van der Waals surface area (Å²) in [5.74, 6) is -1.22. The Bertz CT molecular complexity index is 904. The minimum absolute atomic E-state index is 0.190. The largest absolute Gasteiger partial charge is 0.478 e. The Hall–Kier alpha value is -2.99. The molecule has 0 atom stereocenters. The number of nitrogens with one attached hydrogen (secondary N) is 1. The molecule has 0 aliphatic heterocycles. The molecule has 2 N–H and O–H groups in total. The van der Waals surface area contributed by atoms with E-state index < -0.39 is 5.97 Å². The first-order valence-corrected chi connectivity index (χ1v) is 8.04. The van der Waals surface area contributed by atoms with Crippen molar-refractivity contribution in [2.24, 2.45) is 0 Å². The van der Waals surface area contributed by atoms with Crippen molar-refractivity contribution in [2.45, 2.75) is 6.92 Å². The van der Waals surface area contributed by atoms with E-state index in [1.54, 1.807) is 25.1 Å². The van der Waals surface area contributed by atoms with Crippen molar-refractivity contribution >= 4 is 28.9 Å². The Morgan fingerprint density at radius 1 is 1.08 bits per heavy atom. The van der Waals surface area contributed by atoms with Gasteiger partial charge >= 0.3 is 5.97 Å². The lowest BCUT2D eigenvalue weighted by Gasteiger charge is -2.02. The molecule has 1 heterocycles. The van der Waals surface area contributed by atoms with Crippen LogP contribution in [0.25, 0.3) is 10.6 Å². The SMILES string of the molecule is Cc1nc(-c2cccc(C(=O)O)c2)sc1C(=O)Nc1ccccc1. The van der Waals surface area contributed by atoms with Gasteiger partial charge in [-0.25, -0.2) is 9.78 Å². The summed E-state index contributed by atoms with van der Waals surface area (Å²) in [6.07, 6.45) is 0. The number of rotatable bonds is 4. The molecular weight excluding hydrogens is 324 g/mol. The number of carbonyl (C=O) groups excluding carboxylic acids is 1. The second-order valence-electron chi connectivity index (χ2n) is 5.14. The molecule has 6 heteroatoms. The summed E-state index contributed by atoms with van der Waals surface area (Å²) < 4.78 is 0. The first kappa shape index (κ1) is 15.9. The molecule has 0 bridgehead atoms. The second kappa shape index (κ2) is 6.64. The second-order valence-corrected chi connectivity index (χ2v) is 6.14. The summed E-state index contributed by atoms with van der Waals surface area (Å²) in [4.78, 5) is 28.4. The number of hydrogen-bond acceptors (Lipinski definition) is 4. The van der Waals surface area contributed by atoms with Crippen LogP contribution in [0, 0.1) is 6.92 Å². The quantitative estimate of drug-likeness (QED) is 0.751. The van der Waals surface area contributed by atoms with Crippen LogP contribution in [0.3, 0.4) is 0 Å². The normalized spacial score (nSPS) is 10.4. The van der Waals surface area contributed by atoms with Crippen molar-refractivity contribution in [2.75, 3.05) is 5.32 Å². The molecule has 1 amide bonds. The first-order valence-electron chi connectivity index (χ1n) is 7.22. The lowest BCUT2D eigenvalue weighted by atomic mass is 10.1. The van der Waals surface area contributed by atoms with Gasteiger partial charge in [-0.2, -0.15) is 0 Å². The van der Waals surface area contributed by atoms with Crippen LogP contribution in [0.2, 0.25) is 0 Å². The number of nitrogens with zero attached hydrogens (tertiary/aromatic N) is 1. The number of thiazole rings is 1.